The van der Waals surface area contributed by atoms with Gasteiger partial charge in [0, 0.05) is 11.9 Å². The fourth-order valence-electron chi connectivity index (χ4n) is 3.71. The summed E-state index contributed by atoms with van der Waals surface area (Å²) in [6.45, 7) is 2.78. The second kappa shape index (κ2) is 8.02. The largest absolute Gasteiger partial charge is 0.507 e. The quantitative estimate of drug-likeness (QED) is 0.280. The van der Waals surface area contributed by atoms with Crippen LogP contribution in [0.1, 0.15) is 18.4 Å². The highest BCUT2D eigenvalue weighted by Crippen LogP contribution is 2.35. The van der Waals surface area contributed by atoms with Crippen LogP contribution in [0.4, 0.5) is 10.6 Å². The van der Waals surface area contributed by atoms with Crippen LogP contribution in [0.15, 0.2) is 42.5 Å². The minimum absolute atomic E-state index is 0.0888. The van der Waals surface area contributed by atoms with Gasteiger partial charge in [-0.05, 0) is 49.6 Å². The van der Waals surface area contributed by atoms with Crippen LogP contribution >= 0.6 is 22.6 Å². The molecule has 1 fully saturated rings. The lowest BCUT2D eigenvalue weighted by Gasteiger charge is -2.39. The van der Waals surface area contributed by atoms with Crippen LogP contribution in [0, 0.1) is 6.92 Å². The summed E-state index contributed by atoms with van der Waals surface area (Å²) in [5.41, 5.74) is 2.45. The number of alkyl halides is 1. The molecular formula is C21H21IN4O3. The Bertz CT molecular complexity index is 1070. The molecular weight excluding hydrogens is 483 g/mol. The lowest BCUT2D eigenvalue weighted by atomic mass is 10.0. The van der Waals surface area contributed by atoms with Gasteiger partial charge in [-0.15, -0.1) is 0 Å². The molecule has 0 spiro atoms. The van der Waals surface area contributed by atoms with E-state index in [1.807, 2.05) is 31.2 Å². The number of rotatable bonds is 3. The summed E-state index contributed by atoms with van der Waals surface area (Å²) in [6.07, 6.45) is 0.620. The van der Waals surface area contributed by atoms with E-state index in [0.29, 0.717) is 11.4 Å². The number of para-hydroxylation sites is 1. The first-order chi connectivity index (χ1) is 13.9. The zero-order valence-corrected chi connectivity index (χ0v) is 18.0. The number of halogens is 1. The van der Waals surface area contributed by atoms with Crippen molar-refractivity contribution in [3.05, 3.63) is 48.0 Å². The van der Waals surface area contributed by atoms with Gasteiger partial charge in [0.1, 0.15) is 15.6 Å². The highest BCUT2D eigenvalue weighted by Gasteiger charge is 2.32. The van der Waals surface area contributed by atoms with Gasteiger partial charge in [0.2, 0.25) is 0 Å². The average Bonchev–Trinajstić information content (AvgIpc) is 2.68. The van der Waals surface area contributed by atoms with E-state index in [1.54, 1.807) is 18.2 Å². The van der Waals surface area contributed by atoms with E-state index in [4.69, 9.17) is 9.97 Å². The van der Waals surface area contributed by atoms with E-state index in [1.165, 1.54) is 0 Å². The molecule has 29 heavy (non-hydrogen) atoms. The number of carboxylic acid groups (broad SMARTS) is 1. The third-order valence-electron chi connectivity index (χ3n) is 5.10. The predicted molar refractivity (Wildman–Crippen MR) is 121 cm³/mol. The second-order valence-electron chi connectivity index (χ2n) is 7.17. The molecule has 1 saturated heterocycles. The first-order valence-electron chi connectivity index (χ1n) is 9.41. The van der Waals surface area contributed by atoms with Gasteiger partial charge in [-0.25, -0.2) is 14.8 Å². The highest BCUT2D eigenvalue weighted by atomic mass is 127. The van der Waals surface area contributed by atoms with Gasteiger partial charge in [0.25, 0.3) is 0 Å². The Labute approximate surface area is 181 Å². The van der Waals surface area contributed by atoms with Gasteiger partial charge in [-0.2, -0.15) is 0 Å². The molecule has 8 heteroatoms. The van der Waals surface area contributed by atoms with Crippen molar-refractivity contribution in [2.24, 2.45) is 0 Å². The minimum atomic E-state index is -1.02. The number of phenolic OH excluding ortho intramolecular Hbond substituents is 1. The summed E-state index contributed by atoms with van der Waals surface area (Å²) < 4.78 is -0.0888. The number of anilines is 1. The maximum Gasteiger partial charge on any atom is 0.404 e. The van der Waals surface area contributed by atoms with Crippen LogP contribution in [0.25, 0.3) is 22.3 Å². The highest BCUT2D eigenvalue weighted by molar-refractivity contribution is 14.1. The summed E-state index contributed by atoms with van der Waals surface area (Å²) in [7, 11) is 0. The number of hydrogen-bond acceptors (Lipinski definition) is 5. The zero-order chi connectivity index (χ0) is 20.5. The Morgan fingerprint density at radius 1 is 1.24 bits per heavy atom. The van der Waals surface area contributed by atoms with E-state index >= 15 is 0 Å². The molecule has 0 bridgehead atoms. The van der Waals surface area contributed by atoms with Crippen molar-refractivity contribution in [2.75, 3.05) is 11.4 Å². The molecule has 0 saturated carbocycles. The van der Waals surface area contributed by atoms with Crippen LogP contribution in [-0.2, 0) is 0 Å². The molecule has 3 N–H and O–H groups in total. The van der Waals surface area contributed by atoms with Crippen molar-refractivity contribution >= 4 is 45.4 Å². The van der Waals surface area contributed by atoms with Crippen molar-refractivity contribution < 1.29 is 15.0 Å². The zero-order valence-electron chi connectivity index (χ0n) is 15.8. The molecule has 1 aliphatic rings. The minimum Gasteiger partial charge on any atom is -0.507 e. The van der Waals surface area contributed by atoms with Gasteiger partial charge < -0.3 is 20.4 Å². The summed E-state index contributed by atoms with van der Waals surface area (Å²) in [4.78, 5) is 22.9. The fraction of sp³-hybridized carbons (Fsp3) is 0.286. The molecule has 0 aliphatic carbocycles. The molecule has 4 rings (SSSR count). The third kappa shape index (κ3) is 3.93. The van der Waals surface area contributed by atoms with E-state index < -0.39 is 6.09 Å². The van der Waals surface area contributed by atoms with Crippen molar-refractivity contribution in [3.63, 3.8) is 0 Å². The molecule has 1 amide bonds. The maximum absolute atomic E-state index is 11.2. The topological polar surface area (TPSA) is 98.6 Å². The van der Waals surface area contributed by atoms with E-state index in [2.05, 4.69) is 32.8 Å². The molecule has 1 aromatic heterocycles. The van der Waals surface area contributed by atoms with Crippen molar-refractivity contribution in [1.82, 2.24) is 15.3 Å². The van der Waals surface area contributed by atoms with E-state index in [-0.39, 0.29) is 15.8 Å². The standard InChI is InChI=1S/C21H21IN4O3/c1-12-8-9-13-16(11-12)23-19(14-5-2-3-7-17(14)27)25-20(13)26-10-4-6-15(18(26)22)24-21(28)29/h2-3,5,7-9,11,15,18,24,27H,4,6,10H2,1H3,(H,28,29). The monoisotopic (exact) mass is 504 g/mol. The fourth-order valence-corrected chi connectivity index (χ4v) is 4.79. The molecule has 7 nitrogen and oxygen atoms in total. The van der Waals surface area contributed by atoms with Gasteiger partial charge in [-0.3, -0.25) is 0 Å². The molecule has 2 unspecified atom stereocenters. The number of aromatic hydroxyl groups is 1. The van der Waals surface area contributed by atoms with Crippen LogP contribution in [-0.4, -0.2) is 42.9 Å². The first kappa shape index (κ1) is 19.7. The second-order valence-corrected chi connectivity index (χ2v) is 8.45. The Morgan fingerprint density at radius 3 is 2.79 bits per heavy atom. The number of benzene rings is 2. The van der Waals surface area contributed by atoms with Crippen LogP contribution in [0.3, 0.4) is 0 Å². The summed E-state index contributed by atoms with van der Waals surface area (Å²) >= 11 is 2.28. The summed E-state index contributed by atoms with van der Waals surface area (Å²) in [5.74, 6) is 1.33. The molecule has 2 aromatic carbocycles. The normalized spacial score (nSPS) is 19.3. The predicted octanol–water partition coefficient (Wildman–Crippen LogP) is 4.31. The van der Waals surface area contributed by atoms with Crippen LogP contribution in [0.5, 0.6) is 5.75 Å². The van der Waals surface area contributed by atoms with Crippen LogP contribution < -0.4 is 10.2 Å². The maximum atomic E-state index is 11.2. The smallest absolute Gasteiger partial charge is 0.404 e. The number of carbonyl (C=O) groups is 1. The van der Waals surface area contributed by atoms with E-state index in [9.17, 15) is 15.0 Å². The van der Waals surface area contributed by atoms with Crippen molar-refractivity contribution in [3.8, 4) is 17.1 Å². The number of nitrogens with one attached hydrogen (secondary N) is 1. The van der Waals surface area contributed by atoms with Crippen LogP contribution in [0.2, 0.25) is 0 Å². The van der Waals surface area contributed by atoms with Crippen molar-refractivity contribution in [2.45, 2.75) is 29.9 Å². The molecule has 2 atom stereocenters. The number of fused-ring (bicyclic) bond motifs is 1. The Hall–Kier alpha value is -2.62. The third-order valence-corrected chi connectivity index (χ3v) is 6.64. The van der Waals surface area contributed by atoms with Gasteiger partial charge >= 0.3 is 6.09 Å². The number of hydrogen-bond donors (Lipinski definition) is 3. The van der Waals surface area contributed by atoms with E-state index in [0.717, 1.165) is 41.7 Å². The summed E-state index contributed by atoms with van der Waals surface area (Å²) in [6, 6.07) is 12.9. The number of piperidine rings is 1. The Morgan fingerprint density at radius 2 is 2.03 bits per heavy atom. The average molecular weight is 504 g/mol. The number of nitrogens with zero attached hydrogens (tertiary/aromatic N) is 3. The Balaban J connectivity index is 1.86. The molecule has 150 valence electrons. The molecule has 1 aliphatic heterocycles. The lowest BCUT2D eigenvalue weighted by Crippen LogP contribution is -2.52. The van der Waals surface area contributed by atoms with Gasteiger partial charge in [-0.1, -0.05) is 40.8 Å². The summed E-state index contributed by atoms with van der Waals surface area (Å²) in [5, 5.41) is 23.0. The van der Waals surface area contributed by atoms with Crippen molar-refractivity contribution in [1.29, 1.82) is 0 Å². The SMILES string of the molecule is Cc1ccc2c(N3CCCC(NC(=O)O)C3I)nc(-c3ccccc3O)nc2c1. The number of phenols is 1. The first-order valence-corrected chi connectivity index (χ1v) is 10.7. The molecule has 2 heterocycles. The number of aryl methyl sites for hydroxylation is 1. The molecule has 0 radical (unpaired) electrons. The van der Waals surface area contributed by atoms with Gasteiger partial charge in [0.15, 0.2) is 5.82 Å². The Kier molecular flexibility index (Phi) is 5.44. The lowest BCUT2D eigenvalue weighted by molar-refractivity contribution is 0.187. The molecule has 3 aromatic rings. The number of aromatic nitrogens is 2. The van der Waals surface area contributed by atoms with Gasteiger partial charge in [0.05, 0.1) is 17.1 Å². The number of amides is 1.